The van der Waals surface area contributed by atoms with Gasteiger partial charge >= 0.3 is 14.4 Å². The molecule has 0 bridgehead atoms. The lowest BCUT2D eigenvalue weighted by Gasteiger charge is -2.06. The molecule has 0 radical (unpaired) electrons. The molecule has 0 aliphatic carbocycles. The summed E-state index contributed by atoms with van der Waals surface area (Å²) >= 11 is 0. The van der Waals surface area contributed by atoms with Crippen LogP contribution in [0.3, 0.4) is 0 Å². The second-order valence-corrected chi connectivity index (χ2v) is 7.57. The van der Waals surface area contributed by atoms with E-state index in [1.54, 1.807) is 0 Å². The van der Waals surface area contributed by atoms with Gasteiger partial charge in [-0.1, -0.05) is 6.08 Å². The van der Waals surface area contributed by atoms with Crippen molar-refractivity contribution in [3.8, 4) is 0 Å². The Bertz CT molecular complexity index is 388. The minimum Gasteiger partial charge on any atom is -0.212 e. The zero-order valence-electron chi connectivity index (χ0n) is 6.07. The smallest absolute Gasteiger partial charge is 0.212 e. The monoisotopic (exact) mass is 238 g/mol. The summed E-state index contributed by atoms with van der Waals surface area (Å²) in [4.78, 5) is 0. The van der Waals surface area contributed by atoms with Gasteiger partial charge in [-0.05, 0) is 0 Å². The van der Waals surface area contributed by atoms with Crippen LogP contribution >= 0.6 is 0 Å². The molecule has 0 rings (SSSR count). The molecule has 0 spiro atoms. The Hall–Kier alpha value is -0.570. The minimum atomic E-state index is -6.14. The zero-order valence-corrected chi connectivity index (χ0v) is 7.71. The van der Waals surface area contributed by atoms with E-state index in [0.29, 0.717) is 6.08 Å². The quantitative estimate of drug-likeness (QED) is 0.528. The van der Waals surface area contributed by atoms with E-state index in [1.807, 2.05) is 0 Å². The molecule has 0 heterocycles. The molecular weight excluding hydrogens is 233 g/mol. The molecule has 9 heteroatoms. The van der Waals surface area contributed by atoms with Crippen molar-refractivity contribution in [1.82, 2.24) is 0 Å². The fourth-order valence-electron chi connectivity index (χ4n) is 0.378. The standard InChI is InChI=1S/C4H5F3O4S2/c1-2-3-12(8,9)13(10,11)4(5,6)7/h2H,1,3H2. The summed E-state index contributed by atoms with van der Waals surface area (Å²) in [6.45, 7) is 2.83. The SMILES string of the molecule is C=CCS(=O)(=O)S(=O)(=O)C(F)(F)F. The summed E-state index contributed by atoms with van der Waals surface area (Å²) in [6, 6.07) is 0. The molecule has 13 heavy (non-hydrogen) atoms. The van der Waals surface area contributed by atoms with E-state index in [-0.39, 0.29) is 0 Å². The second kappa shape index (κ2) is 3.29. The van der Waals surface area contributed by atoms with Gasteiger partial charge in [-0.3, -0.25) is 0 Å². The molecule has 0 amide bonds. The van der Waals surface area contributed by atoms with Crippen LogP contribution in [0.15, 0.2) is 12.7 Å². The van der Waals surface area contributed by atoms with E-state index in [1.165, 1.54) is 0 Å². The fourth-order valence-corrected chi connectivity index (χ4v) is 2.82. The van der Waals surface area contributed by atoms with E-state index in [4.69, 9.17) is 0 Å². The Labute approximate surface area is 72.3 Å². The summed E-state index contributed by atoms with van der Waals surface area (Å²) in [7, 11) is -11.4. The Morgan fingerprint density at radius 2 is 1.54 bits per heavy atom. The van der Waals surface area contributed by atoms with Crippen LogP contribution in [-0.2, 0) is 17.7 Å². The van der Waals surface area contributed by atoms with Crippen LogP contribution in [0.25, 0.3) is 0 Å². The van der Waals surface area contributed by atoms with Crippen LogP contribution < -0.4 is 0 Å². The van der Waals surface area contributed by atoms with Crippen molar-refractivity contribution < 1.29 is 30.0 Å². The molecule has 0 unspecified atom stereocenters. The van der Waals surface area contributed by atoms with Gasteiger partial charge in [0.25, 0.3) is 8.87 Å². The number of halogens is 3. The van der Waals surface area contributed by atoms with Gasteiger partial charge in [0.2, 0.25) is 0 Å². The van der Waals surface area contributed by atoms with Gasteiger partial charge in [0, 0.05) is 0 Å². The molecule has 0 aromatic rings. The van der Waals surface area contributed by atoms with Crippen molar-refractivity contribution in [1.29, 1.82) is 0 Å². The summed E-state index contributed by atoms with van der Waals surface area (Å²) in [5, 5.41) is 0. The van der Waals surface area contributed by atoms with Gasteiger partial charge < -0.3 is 0 Å². The Kier molecular flexibility index (Phi) is 3.15. The van der Waals surface area contributed by atoms with Crippen molar-refractivity contribution in [3.63, 3.8) is 0 Å². The van der Waals surface area contributed by atoms with Crippen LogP contribution in [0, 0.1) is 0 Å². The van der Waals surface area contributed by atoms with Crippen molar-refractivity contribution in [2.45, 2.75) is 5.51 Å². The van der Waals surface area contributed by atoms with Crippen LogP contribution in [0.5, 0.6) is 0 Å². The summed E-state index contributed by atoms with van der Waals surface area (Å²) in [5.74, 6) is -1.26. The molecule has 4 nitrogen and oxygen atoms in total. The lowest BCUT2D eigenvalue weighted by Crippen LogP contribution is -2.32. The molecule has 0 aliphatic rings. The molecule has 78 valence electrons. The molecule has 0 fully saturated rings. The largest absolute Gasteiger partial charge is 0.512 e. The molecule has 0 aromatic heterocycles. The number of rotatable bonds is 3. The van der Waals surface area contributed by atoms with Crippen molar-refractivity contribution in [3.05, 3.63) is 12.7 Å². The third kappa shape index (κ3) is 2.21. The first-order chi connectivity index (χ1) is 5.56. The third-order valence-corrected chi connectivity index (χ3v) is 5.80. The van der Waals surface area contributed by atoms with E-state index >= 15 is 0 Å². The number of alkyl halides is 3. The Balaban J connectivity index is 5.46. The number of hydrogen-bond acceptors (Lipinski definition) is 4. The summed E-state index contributed by atoms with van der Waals surface area (Å²) in [5.41, 5.74) is -5.78. The first kappa shape index (κ1) is 12.4. The Morgan fingerprint density at radius 3 is 1.77 bits per heavy atom. The lowest BCUT2D eigenvalue weighted by molar-refractivity contribution is -0.0412. The third-order valence-electron chi connectivity index (χ3n) is 0.940. The molecule has 0 saturated heterocycles. The summed E-state index contributed by atoms with van der Waals surface area (Å²) in [6.07, 6.45) is 0.568. The van der Waals surface area contributed by atoms with Gasteiger partial charge in [0.05, 0.1) is 5.75 Å². The number of hydrogen-bond donors (Lipinski definition) is 0. The van der Waals surface area contributed by atoms with E-state index in [2.05, 4.69) is 6.58 Å². The maximum atomic E-state index is 11.7. The highest BCUT2D eigenvalue weighted by Gasteiger charge is 2.54. The van der Waals surface area contributed by atoms with Gasteiger partial charge in [0.15, 0.2) is 0 Å². The van der Waals surface area contributed by atoms with Crippen LogP contribution in [-0.4, -0.2) is 28.1 Å². The maximum absolute atomic E-state index is 11.7. The molecule has 0 aliphatic heterocycles. The summed E-state index contributed by atoms with van der Waals surface area (Å²) < 4.78 is 76.6. The molecule has 0 N–H and O–H groups in total. The van der Waals surface area contributed by atoms with E-state index < -0.39 is 29.0 Å². The average molecular weight is 238 g/mol. The minimum absolute atomic E-state index is 0.568. The first-order valence-electron chi connectivity index (χ1n) is 2.71. The predicted molar refractivity (Wildman–Crippen MR) is 39.0 cm³/mol. The molecule has 0 saturated carbocycles. The van der Waals surface area contributed by atoms with Crippen molar-refractivity contribution in [2.75, 3.05) is 5.75 Å². The van der Waals surface area contributed by atoms with Crippen LogP contribution in [0.2, 0.25) is 0 Å². The van der Waals surface area contributed by atoms with Crippen molar-refractivity contribution >= 4 is 17.7 Å². The molecular formula is C4H5F3O4S2. The normalized spacial score (nSPS) is 14.1. The van der Waals surface area contributed by atoms with Gasteiger partial charge in [-0.2, -0.15) is 13.2 Å². The van der Waals surface area contributed by atoms with Gasteiger partial charge in [-0.15, -0.1) is 6.58 Å². The Morgan fingerprint density at radius 1 is 1.15 bits per heavy atom. The van der Waals surface area contributed by atoms with Gasteiger partial charge in [-0.25, -0.2) is 16.8 Å². The molecule has 0 atom stereocenters. The van der Waals surface area contributed by atoms with Crippen LogP contribution in [0.4, 0.5) is 13.2 Å². The first-order valence-corrected chi connectivity index (χ1v) is 6.36. The topological polar surface area (TPSA) is 68.3 Å². The average Bonchev–Trinajstić information content (AvgIpc) is 1.84. The zero-order chi connectivity index (χ0) is 10.9. The van der Waals surface area contributed by atoms with E-state index in [9.17, 15) is 30.0 Å². The van der Waals surface area contributed by atoms with Gasteiger partial charge in [0.1, 0.15) is 0 Å². The molecule has 0 aromatic carbocycles. The predicted octanol–water partition coefficient (Wildman–Crippen LogP) is 0.437. The van der Waals surface area contributed by atoms with E-state index in [0.717, 1.165) is 0 Å². The maximum Gasteiger partial charge on any atom is 0.512 e. The lowest BCUT2D eigenvalue weighted by atomic mass is 10.8. The van der Waals surface area contributed by atoms with Crippen molar-refractivity contribution in [2.24, 2.45) is 0 Å². The van der Waals surface area contributed by atoms with Crippen LogP contribution in [0.1, 0.15) is 0 Å². The highest BCUT2D eigenvalue weighted by atomic mass is 33.2. The fraction of sp³-hybridized carbons (Fsp3) is 0.500. The second-order valence-electron chi connectivity index (χ2n) is 1.91. The highest BCUT2D eigenvalue weighted by Crippen LogP contribution is 2.28. The highest BCUT2D eigenvalue weighted by molar-refractivity contribution is 8.67.